The van der Waals surface area contributed by atoms with Crippen molar-refractivity contribution in [3.8, 4) is 0 Å². The van der Waals surface area contributed by atoms with Crippen molar-refractivity contribution in [3.05, 3.63) is 59.5 Å². The fraction of sp³-hybridized carbons (Fsp3) is 0.435. The molecule has 1 aliphatic heterocycles. The first kappa shape index (κ1) is 19.1. The average Bonchev–Trinajstić information content (AvgIpc) is 3.15. The van der Waals surface area contributed by atoms with Gasteiger partial charge >= 0.3 is 0 Å². The van der Waals surface area contributed by atoms with Gasteiger partial charge in [0.15, 0.2) is 5.65 Å². The van der Waals surface area contributed by atoms with Crippen LogP contribution in [0.3, 0.4) is 0 Å². The standard InChI is InChI=1S/C23H27N5O2/c1-16-12-18(27-11-10-22(2,15-27)17-6-4-3-5-7-17)13-28-20(16)25-19(26-28)21(29)24-14-23(30)8-9-23/h3-7,12-13,30H,8-11,14-15H2,1-2H3,(H,24,29)/t22-/m0/s1. The first-order valence-electron chi connectivity index (χ1n) is 10.5. The molecule has 2 fully saturated rings. The summed E-state index contributed by atoms with van der Waals surface area (Å²) < 4.78 is 1.70. The zero-order chi connectivity index (χ0) is 20.9. The molecule has 2 aromatic heterocycles. The molecule has 3 heterocycles. The summed E-state index contributed by atoms with van der Waals surface area (Å²) in [6, 6.07) is 12.8. The van der Waals surface area contributed by atoms with Crippen LogP contribution in [0.4, 0.5) is 5.69 Å². The zero-order valence-electron chi connectivity index (χ0n) is 17.4. The molecular weight excluding hydrogens is 378 g/mol. The lowest BCUT2D eigenvalue weighted by Crippen LogP contribution is -2.33. The van der Waals surface area contributed by atoms with E-state index in [0.717, 1.165) is 43.6 Å². The Morgan fingerprint density at radius 1 is 1.23 bits per heavy atom. The number of amides is 1. The number of benzene rings is 1. The van der Waals surface area contributed by atoms with Crippen molar-refractivity contribution in [1.29, 1.82) is 0 Å². The van der Waals surface area contributed by atoms with Gasteiger partial charge in [0.2, 0.25) is 5.82 Å². The lowest BCUT2D eigenvalue weighted by atomic mass is 9.82. The van der Waals surface area contributed by atoms with E-state index in [1.165, 1.54) is 5.56 Å². The Bertz CT molecular complexity index is 1110. The molecule has 1 aromatic carbocycles. The van der Waals surface area contributed by atoms with Crippen LogP contribution in [-0.4, -0.2) is 50.8 Å². The fourth-order valence-corrected chi connectivity index (χ4v) is 4.30. The van der Waals surface area contributed by atoms with E-state index in [1.54, 1.807) is 4.52 Å². The van der Waals surface area contributed by atoms with Gasteiger partial charge in [0.05, 0.1) is 17.5 Å². The van der Waals surface area contributed by atoms with E-state index in [2.05, 4.69) is 63.6 Å². The highest BCUT2D eigenvalue weighted by molar-refractivity contribution is 5.91. The van der Waals surface area contributed by atoms with Crippen LogP contribution in [0.1, 0.15) is 47.9 Å². The van der Waals surface area contributed by atoms with Crippen molar-refractivity contribution >= 4 is 17.2 Å². The summed E-state index contributed by atoms with van der Waals surface area (Å²) in [4.78, 5) is 19.2. The van der Waals surface area contributed by atoms with Gasteiger partial charge in [0, 0.05) is 25.0 Å². The molecular formula is C23H27N5O2. The minimum atomic E-state index is -0.737. The summed E-state index contributed by atoms with van der Waals surface area (Å²) in [7, 11) is 0. The molecule has 7 heteroatoms. The number of fused-ring (bicyclic) bond motifs is 1. The van der Waals surface area contributed by atoms with Crippen LogP contribution in [0.25, 0.3) is 5.65 Å². The van der Waals surface area contributed by atoms with Crippen LogP contribution in [0, 0.1) is 6.92 Å². The van der Waals surface area contributed by atoms with Crippen LogP contribution in [0.15, 0.2) is 42.6 Å². The van der Waals surface area contributed by atoms with E-state index in [1.807, 2.05) is 13.1 Å². The van der Waals surface area contributed by atoms with E-state index in [0.29, 0.717) is 5.65 Å². The van der Waals surface area contributed by atoms with Gasteiger partial charge in [0.1, 0.15) is 0 Å². The van der Waals surface area contributed by atoms with Crippen molar-refractivity contribution in [1.82, 2.24) is 19.9 Å². The first-order chi connectivity index (χ1) is 14.4. The Kier molecular flexibility index (Phi) is 4.32. The summed E-state index contributed by atoms with van der Waals surface area (Å²) in [6.07, 6.45) is 4.50. The Labute approximate surface area is 175 Å². The molecule has 2 N–H and O–H groups in total. The molecule has 2 aliphatic rings. The molecule has 5 rings (SSSR count). The van der Waals surface area contributed by atoms with Crippen LogP contribution in [0.5, 0.6) is 0 Å². The Morgan fingerprint density at radius 3 is 2.73 bits per heavy atom. The molecule has 1 saturated carbocycles. The molecule has 7 nitrogen and oxygen atoms in total. The number of hydrogen-bond donors (Lipinski definition) is 2. The third kappa shape index (κ3) is 3.43. The lowest BCUT2D eigenvalue weighted by Gasteiger charge is -2.26. The minimum Gasteiger partial charge on any atom is -0.388 e. The van der Waals surface area contributed by atoms with Crippen LogP contribution in [0.2, 0.25) is 0 Å². The van der Waals surface area contributed by atoms with Crippen molar-refractivity contribution in [3.63, 3.8) is 0 Å². The van der Waals surface area contributed by atoms with E-state index in [4.69, 9.17) is 0 Å². The number of hydrogen-bond acceptors (Lipinski definition) is 5. The number of anilines is 1. The Morgan fingerprint density at radius 2 is 2.00 bits per heavy atom. The highest BCUT2D eigenvalue weighted by Crippen LogP contribution is 2.37. The second-order valence-electron chi connectivity index (χ2n) is 9.09. The maximum atomic E-state index is 12.4. The van der Waals surface area contributed by atoms with Gasteiger partial charge in [-0.3, -0.25) is 4.79 Å². The molecule has 1 amide bonds. The predicted octanol–water partition coefficient (Wildman–Crippen LogP) is 2.46. The topological polar surface area (TPSA) is 82.8 Å². The average molecular weight is 406 g/mol. The molecule has 156 valence electrons. The van der Waals surface area contributed by atoms with Gasteiger partial charge < -0.3 is 15.3 Å². The summed E-state index contributed by atoms with van der Waals surface area (Å²) in [5, 5.41) is 17.1. The Balaban J connectivity index is 1.37. The van der Waals surface area contributed by atoms with E-state index < -0.39 is 5.60 Å². The van der Waals surface area contributed by atoms with Crippen LogP contribution >= 0.6 is 0 Å². The second-order valence-corrected chi connectivity index (χ2v) is 9.09. The van der Waals surface area contributed by atoms with Crippen LogP contribution < -0.4 is 10.2 Å². The molecule has 1 aliphatic carbocycles. The molecule has 0 bridgehead atoms. The van der Waals surface area contributed by atoms with Crippen LogP contribution in [-0.2, 0) is 5.41 Å². The zero-order valence-corrected chi connectivity index (χ0v) is 17.4. The number of nitrogens with zero attached hydrogens (tertiary/aromatic N) is 4. The largest absolute Gasteiger partial charge is 0.388 e. The number of carbonyl (C=O) groups excluding carboxylic acids is 1. The van der Waals surface area contributed by atoms with Gasteiger partial charge in [-0.25, -0.2) is 9.50 Å². The van der Waals surface area contributed by atoms with Gasteiger partial charge in [-0.2, -0.15) is 0 Å². The highest BCUT2D eigenvalue weighted by atomic mass is 16.3. The molecule has 0 spiro atoms. The summed E-state index contributed by atoms with van der Waals surface area (Å²) in [5.74, 6) is -0.215. The number of aliphatic hydroxyl groups is 1. The van der Waals surface area contributed by atoms with Gasteiger partial charge in [-0.15, -0.1) is 5.10 Å². The van der Waals surface area contributed by atoms with Gasteiger partial charge in [0.25, 0.3) is 5.91 Å². The molecule has 1 saturated heterocycles. The summed E-state index contributed by atoms with van der Waals surface area (Å²) in [6.45, 7) is 6.46. The van der Waals surface area contributed by atoms with Crippen molar-refractivity contribution in [2.24, 2.45) is 0 Å². The summed E-state index contributed by atoms with van der Waals surface area (Å²) >= 11 is 0. The quantitative estimate of drug-likeness (QED) is 0.681. The lowest BCUT2D eigenvalue weighted by molar-refractivity contribution is 0.0886. The summed E-state index contributed by atoms with van der Waals surface area (Å²) in [5.41, 5.74) is 3.48. The van der Waals surface area contributed by atoms with Gasteiger partial charge in [-0.1, -0.05) is 37.3 Å². The van der Waals surface area contributed by atoms with Crippen molar-refractivity contribution < 1.29 is 9.90 Å². The van der Waals surface area contributed by atoms with Crippen molar-refractivity contribution in [2.45, 2.75) is 44.1 Å². The minimum absolute atomic E-state index is 0.112. The smallest absolute Gasteiger partial charge is 0.291 e. The van der Waals surface area contributed by atoms with E-state index >= 15 is 0 Å². The van der Waals surface area contributed by atoms with Gasteiger partial charge in [-0.05, 0) is 43.4 Å². The number of rotatable bonds is 5. The third-order valence-corrected chi connectivity index (χ3v) is 6.52. The van der Waals surface area contributed by atoms with Crippen molar-refractivity contribution in [2.75, 3.05) is 24.5 Å². The highest BCUT2D eigenvalue weighted by Gasteiger charge is 2.40. The Hall–Kier alpha value is -2.93. The SMILES string of the molecule is Cc1cc(N2CC[C@](C)(c3ccccc3)C2)cn2nc(C(=O)NCC3(O)CC3)nc12. The molecule has 30 heavy (non-hydrogen) atoms. The maximum Gasteiger partial charge on any atom is 0.291 e. The molecule has 3 aromatic rings. The maximum absolute atomic E-state index is 12.4. The number of aryl methyl sites for hydroxylation is 1. The van der Waals surface area contributed by atoms with E-state index in [9.17, 15) is 9.90 Å². The third-order valence-electron chi connectivity index (χ3n) is 6.52. The monoisotopic (exact) mass is 405 g/mol. The molecule has 1 atom stereocenters. The fourth-order valence-electron chi connectivity index (χ4n) is 4.30. The number of carbonyl (C=O) groups is 1. The number of nitrogens with one attached hydrogen (secondary N) is 1. The molecule has 0 radical (unpaired) electrons. The first-order valence-corrected chi connectivity index (χ1v) is 10.5. The molecule has 0 unspecified atom stereocenters. The normalized spacial score (nSPS) is 22.4. The second kappa shape index (κ2) is 6.80. The van der Waals surface area contributed by atoms with E-state index in [-0.39, 0.29) is 23.7 Å². The number of aromatic nitrogens is 3. The number of pyridine rings is 1. The predicted molar refractivity (Wildman–Crippen MR) is 115 cm³/mol.